The van der Waals surface area contributed by atoms with E-state index in [1.54, 1.807) is 0 Å². The van der Waals surface area contributed by atoms with Gasteiger partial charge in [-0.1, -0.05) is 24.3 Å². The molecule has 2 aliphatic heterocycles. The quantitative estimate of drug-likeness (QED) is 0.749. The van der Waals surface area contributed by atoms with Crippen LogP contribution in [-0.2, 0) is 16.0 Å². The molecule has 1 aromatic rings. The number of piperidine rings is 1. The van der Waals surface area contributed by atoms with Crippen LogP contribution in [-0.4, -0.2) is 47.8 Å². The van der Waals surface area contributed by atoms with Crippen LogP contribution in [0.2, 0.25) is 0 Å². The third-order valence-corrected chi connectivity index (χ3v) is 5.94. The zero-order chi connectivity index (χ0) is 18.4. The van der Waals surface area contributed by atoms with Gasteiger partial charge in [-0.05, 0) is 62.5 Å². The van der Waals surface area contributed by atoms with Crippen LogP contribution in [0.25, 0.3) is 0 Å². The second-order valence-electron chi connectivity index (χ2n) is 7.90. The van der Waals surface area contributed by atoms with E-state index in [0.717, 1.165) is 58.3 Å². The zero-order valence-electron chi connectivity index (χ0n) is 16.1. The van der Waals surface area contributed by atoms with Gasteiger partial charge in [0.25, 0.3) is 0 Å². The number of carbonyl (C=O) groups excluding carboxylic acids is 2. The Labute approximate surface area is 157 Å². The lowest BCUT2D eigenvalue weighted by molar-refractivity contribution is -0.134. The SMILES string of the molecule is Cc1ccccc1CC[C@@H]1CCCN(C(=O)CCCN2CCCC2=O)C1. The molecule has 2 aliphatic rings. The van der Waals surface area contributed by atoms with Crippen molar-refractivity contribution in [3.63, 3.8) is 0 Å². The van der Waals surface area contributed by atoms with Gasteiger partial charge in [0.05, 0.1) is 0 Å². The van der Waals surface area contributed by atoms with Gasteiger partial charge in [0.1, 0.15) is 0 Å². The van der Waals surface area contributed by atoms with E-state index in [-0.39, 0.29) is 11.8 Å². The maximum Gasteiger partial charge on any atom is 0.222 e. The average molecular weight is 357 g/mol. The fourth-order valence-corrected chi connectivity index (χ4v) is 4.30. The maximum absolute atomic E-state index is 12.5. The molecule has 0 bridgehead atoms. The Balaban J connectivity index is 1.40. The summed E-state index contributed by atoms with van der Waals surface area (Å²) in [7, 11) is 0. The number of likely N-dealkylation sites (tertiary alicyclic amines) is 2. The molecule has 0 radical (unpaired) electrons. The van der Waals surface area contributed by atoms with Crippen molar-refractivity contribution in [1.82, 2.24) is 9.80 Å². The fraction of sp³-hybridized carbons (Fsp3) is 0.636. The Bertz CT molecular complexity index is 628. The minimum absolute atomic E-state index is 0.256. The summed E-state index contributed by atoms with van der Waals surface area (Å²) in [5.41, 5.74) is 2.80. The topological polar surface area (TPSA) is 40.6 Å². The summed E-state index contributed by atoms with van der Waals surface area (Å²) in [6.45, 7) is 5.61. The van der Waals surface area contributed by atoms with E-state index in [0.29, 0.717) is 18.8 Å². The number of rotatable bonds is 7. The summed E-state index contributed by atoms with van der Waals surface area (Å²) < 4.78 is 0. The first kappa shape index (κ1) is 18.9. The average Bonchev–Trinajstić information content (AvgIpc) is 3.06. The molecule has 2 amide bonds. The Morgan fingerprint density at radius 1 is 1.19 bits per heavy atom. The van der Waals surface area contributed by atoms with E-state index in [1.165, 1.54) is 17.5 Å². The monoisotopic (exact) mass is 356 g/mol. The molecule has 142 valence electrons. The molecule has 2 fully saturated rings. The molecule has 4 nitrogen and oxygen atoms in total. The highest BCUT2D eigenvalue weighted by Gasteiger charge is 2.24. The van der Waals surface area contributed by atoms with Crippen LogP contribution < -0.4 is 0 Å². The summed E-state index contributed by atoms with van der Waals surface area (Å²) in [5, 5.41) is 0. The third-order valence-electron chi connectivity index (χ3n) is 5.94. The highest BCUT2D eigenvalue weighted by atomic mass is 16.2. The second kappa shape index (κ2) is 9.20. The largest absolute Gasteiger partial charge is 0.343 e. The molecule has 2 heterocycles. The summed E-state index contributed by atoms with van der Waals surface area (Å²) in [6, 6.07) is 8.61. The highest BCUT2D eigenvalue weighted by Crippen LogP contribution is 2.23. The van der Waals surface area contributed by atoms with Gasteiger partial charge in [-0.3, -0.25) is 9.59 Å². The molecule has 3 rings (SSSR count). The minimum atomic E-state index is 0.256. The van der Waals surface area contributed by atoms with Gasteiger partial charge < -0.3 is 9.80 Å². The van der Waals surface area contributed by atoms with Gasteiger partial charge in [-0.2, -0.15) is 0 Å². The first-order valence-corrected chi connectivity index (χ1v) is 10.2. The predicted octanol–water partition coefficient (Wildman–Crippen LogP) is 3.57. The first-order valence-electron chi connectivity index (χ1n) is 10.2. The molecular weight excluding hydrogens is 324 g/mol. The highest BCUT2D eigenvalue weighted by molar-refractivity contribution is 5.78. The molecule has 0 N–H and O–H groups in total. The fourth-order valence-electron chi connectivity index (χ4n) is 4.30. The van der Waals surface area contributed by atoms with Crippen LogP contribution >= 0.6 is 0 Å². The van der Waals surface area contributed by atoms with Crippen molar-refractivity contribution in [2.24, 2.45) is 5.92 Å². The van der Waals surface area contributed by atoms with Crippen LogP contribution in [0.1, 0.15) is 56.1 Å². The smallest absolute Gasteiger partial charge is 0.222 e. The van der Waals surface area contributed by atoms with E-state index in [9.17, 15) is 9.59 Å². The summed E-state index contributed by atoms with van der Waals surface area (Å²) in [4.78, 5) is 28.2. The maximum atomic E-state index is 12.5. The normalized spacial score (nSPS) is 20.7. The Hall–Kier alpha value is -1.84. The van der Waals surface area contributed by atoms with E-state index < -0.39 is 0 Å². The third kappa shape index (κ3) is 5.09. The number of hydrogen-bond donors (Lipinski definition) is 0. The van der Waals surface area contributed by atoms with E-state index >= 15 is 0 Å². The molecule has 2 saturated heterocycles. The Morgan fingerprint density at radius 2 is 2.04 bits per heavy atom. The number of amides is 2. The number of aryl methyl sites for hydroxylation is 2. The van der Waals surface area contributed by atoms with Crippen LogP contribution in [0.15, 0.2) is 24.3 Å². The van der Waals surface area contributed by atoms with Crippen molar-refractivity contribution in [3.05, 3.63) is 35.4 Å². The lowest BCUT2D eigenvalue weighted by Gasteiger charge is -2.33. The second-order valence-corrected chi connectivity index (χ2v) is 7.90. The van der Waals surface area contributed by atoms with Gasteiger partial charge in [-0.15, -0.1) is 0 Å². The molecular formula is C22H32N2O2. The molecule has 26 heavy (non-hydrogen) atoms. The number of hydrogen-bond acceptors (Lipinski definition) is 2. The molecule has 1 atom stereocenters. The molecule has 0 aliphatic carbocycles. The van der Waals surface area contributed by atoms with E-state index in [2.05, 4.69) is 36.1 Å². The number of nitrogens with zero attached hydrogens (tertiary/aromatic N) is 2. The molecule has 0 saturated carbocycles. The zero-order valence-corrected chi connectivity index (χ0v) is 16.1. The van der Waals surface area contributed by atoms with Crippen LogP contribution in [0.4, 0.5) is 0 Å². The standard InChI is InChI=1S/C22H32N2O2/c1-18-7-2-3-9-20(18)13-12-19-8-4-16-24(17-19)22(26)11-6-15-23-14-5-10-21(23)25/h2-3,7,9,19H,4-6,8,10-17H2,1H3/t19-/m0/s1. The van der Waals surface area contributed by atoms with Crippen molar-refractivity contribution >= 4 is 11.8 Å². The summed E-state index contributed by atoms with van der Waals surface area (Å²) >= 11 is 0. The Morgan fingerprint density at radius 3 is 2.81 bits per heavy atom. The summed E-state index contributed by atoms with van der Waals surface area (Å²) in [5.74, 6) is 1.15. The van der Waals surface area contributed by atoms with E-state index in [1.807, 2.05) is 4.90 Å². The molecule has 0 spiro atoms. The lowest BCUT2D eigenvalue weighted by atomic mass is 9.90. The summed E-state index contributed by atoms with van der Waals surface area (Å²) in [6.07, 6.45) is 7.66. The van der Waals surface area contributed by atoms with Gasteiger partial charge >= 0.3 is 0 Å². The Kier molecular flexibility index (Phi) is 6.70. The number of benzene rings is 1. The molecule has 4 heteroatoms. The number of carbonyl (C=O) groups is 2. The molecule has 0 aromatic heterocycles. The van der Waals surface area contributed by atoms with Crippen molar-refractivity contribution in [3.8, 4) is 0 Å². The first-order chi connectivity index (χ1) is 12.6. The van der Waals surface area contributed by atoms with Crippen molar-refractivity contribution < 1.29 is 9.59 Å². The van der Waals surface area contributed by atoms with Crippen LogP contribution in [0.3, 0.4) is 0 Å². The van der Waals surface area contributed by atoms with Crippen LogP contribution in [0, 0.1) is 12.8 Å². The lowest BCUT2D eigenvalue weighted by Crippen LogP contribution is -2.40. The van der Waals surface area contributed by atoms with Crippen molar-refractivity contribution in [1.29, 1.82) is 0 Å². The molecule has 1 aromatic carbocycles. The van der Waals surface area contributed by atoms with Gasteiger partial charge in [0.15, 0.2) is 0 Å². The van der Waals surface area contributed by atoms with Crippen molar-refractivity contribution in [2.45, 2.75) is 58.3 Å². The van der Waals surface area contributed by atoms with Gasteiger partial charge in [-0.25, -0.2) is 0 Å². The predicted molar refractivity (Wildman–Crippen MR) is 104 cm³/mol. The molecule has 0 unspecified atom stereocenters. The van der Waals surface area contributed by atoms with E-state index in [4.69, 9.17) is 0 Å². The van der Waals surface area contributed by atoms with Crippen molar-refractivity contribution in [2.75, 3.05) is 26.2 Å². The van der Waals surface area contributed by atoms with Crippen LogP contribution in [0.5, 0.6) is 0 Å². The minimum Gasteiger partial charge on any atom is -0.343 e. The van der Waals surface area contributed by atoms with Gasteiger partial charge in [0, 0.05) is 39.0 Å². The van der Waals surface area contributed by atoms with Gasteiger partial charge in [0.2, 0.25) is 11.8 Å².